The Kier molecular flexibility index (Phi) is 9.19. The normalized spacial score (nSPS) is 24.5. The number of halogens is 2. The summed E-state index contributed by atoms with van der Waals surface area (Å²) >= 11 is 11.4. The summed E-state index contributed by atoms with van der Waals surface area (Å²) < 4.78 is 12.9. The Bertz CT molecular complexity index is 1050. The number of benzene rings is 2. The Morgan fingerprint density at radius 1 is 1.17 bits per heavy atom. The molecule has 0 bridgehead atoms. The lowest BCUT2D eigenvalue weighted by molar-refractivity contribution is -0.160. The molecular formula is C27H33Cl2NO4S. The number of carbonyl (C=O) groups is 2. The minimum atomic E-state index is -1.14. The van der Waals surface area contributed by atoms with Crippen molar-refractivity contribution < 1.29 is 19.2 Å². The second kappa shape index (κ2) is 11.5. The number of piperidine rings is 1. The lowest BCUT2D eigenvalue weighted by Gasteiger charge is -2.51. The van der Waals surface area contributed by atoms with Gasteiger partial charge < -0.3 is 14.6 Å². The summed E-state index contributed by atoms with van der Waals surface area (Å²) in [5.74, 6) is -1.12. The highest BCUT2D eigenvalue weighted by Crippen LogP contribution is 2.52. The molecule has 0 unspecified atom stereocenters. The van der Waals surface area contributed by atoms with Crippen molar-refractivity contribution in [3.8, 4) is 0 Å². The summed E-state index contributed by atoms with van der Waals surface area (Å²) in [6.07, 6.45) is 0.669. The maximum absolute atomic E-state index is 14.1. The van der Waals surface area contributed by atoms with Crippen LogP contribution in [0, 0.1) is 5.41 Å². The Balaban J connectivity index is 2.22. The number of nitrogens with zero attached hydrogens (tertiary/aromatic N) is 1. The van der Waals surface area contributed by atoms with Crippen molar-refractivity contribution in [2.45, 2.75) is 70.2 Å². The smallest absolute Gasteiger partial charge is 0.304 e. The van der Waals surface area contributed by atoms with E-state index in [9.17, 15) is 19.2 Å². The lowest BCUT2D eigenvalue weighted by atomic mass is 9.67. The molecular weight excluding hydrogens is 505 g/mol. The molecule has 2 aromatic rings. The van der Waals surface area contributed by atoms with E-state index in [-0.39, 0.29) is 35.6 Å². The van der Waals surface area contributed by atoms with Crippen molar-refractivity contribution in [1.29, 1.82) is 0 Å². The second-order valence-corrected chi connectivity index (χ2v) is 12.8. The fourth-order valence-electron chi connectivity index (χ4n) is 5.06. The van der Waals surface area contributed by atoms with Crippen molar-refractivity contribution in [2.24, 2.45) is 5.41 Å². The molecule has 190 valence electrons. The molecule has 1 aliphatic rings. The number of carbonyl (C=O) groups excluding carboxylic acids is 1. The Morgan fingerprint density at radius 2 is 1.83 bits per heavy atom. The third-order valence-corrected chi connectivity index (χ3v) is 9.13. The van der Waals surface area contributed by atoms with Crippen LogP contribution in [0.2, 0.25) is 10.0 Å². The van der Waals surface area contributed by atoms with E-state index < -0.39 is 22.6 Å². The molecule has 1 fully saturated rings. The maximum Gasteiger partial charge on any atom is 0.304 e. The zero-order valence-electron chi connectivity index (χ0n) is 20.5. The van der Waals surface area contributed by atoms with E-state index in [0.717, 1.165) is 11.1 Å². The first-order valence-electron chi connectivity index (χ1n) is 11.9. The molecule has 1 N–H and O–H groups in total. The predicted octanol–water partition coefficient (Wildman–Crippen LogP) is 6.47. The first-order valence-corrected chi connectivity index (χ1v) is 14.0. The summed E-state index contributed by atoms with van der Waals surface area (Å²) in [5, 5.41) is 10.8. The Hall–Kier alpha value is -1.73. The molecule has 2 aromatic carbocycles. The molecule has 1 amide bonds. The van der Waals surface area contributed by atoms with Gasteiger partial charge in [-0.25, -0.2) is 0 Å². The molecule has 0 spiro atoms. The van der Waals surface area contributed by atoms with Gasteiger partial charge in [-0.05, 0) is 73.3 Å². The SMILES string of the molecule is CC[C@@H](C[S@@+]([O-])C(C)C)N1C(=O)[C@@](C)(CC(=O)O)C[C@H](c2cccc(Cl)c2)[C@H]1c1ccc(Cl)cc1. The summed E-state index contributed by atoms with van der Waals surface area (Å²) in [5.41, 5.74) is 0.722. The van der Waals surface area contributed by atoms with E-state index in [0.29, 0.717) is 28.6 Å². The fourth-order valence-corrected chi connectivity index (χ4v) is 6.54. The van der Waals surface area contributed by atoms with Gasteiger partial charge in [0, 0.05) is 16.0 Å². The molecule has 0 saturated carbocycles. The zero-order valence-corrected chi connectivity index (χ0v) is 22.9. The molecule has 5 atom stereocenters. The third-order valence-electron chi connectivity index (χ3n) is 6.88. The number of hydrogen-bond donors (Lipinski definition) is 1. The van der Waals surface area contributed by atoms with Crippen molar-refractivity contribution in [3.05, 3.63) is 69.7 Å². The summed E-state index contributed by atoms with van der Waals surface area (Å²) in [7, 11) is 0. The van der Waals surface area contributed by atoms with Gasteiger partial charge in [-0.1, -0.05) is 61.3 Å². The molecule has 1 saturated heterocycles. The molecule has 1 aliphatic heterocycles. The van der Waals surface area contributed by atoms with Gasteiger partial charge in [-0.2, -0.15) is 0 Å². The van der Waals surface area contributed by atoms with Crippen LogP contribution in [-0.2, 0) is 20.8 Å². The standard InChI is InChI=1S/C27H33Cl2NO4S/c1-5-22(16-35(34)17(2)3)30-25(18-9-11-20(28)12-10-18)23(19-7-6-8-21(29)13-19)14-27(4,26(30)33)15-24(31)32/h6-13,17,22-23,25H,5,14-16H2,1-4H3,(H,31,32)/t22-,23+,25+,27+,35+/m0/s1. The van der Waals surface area contributed by atoms with Crippen molar-refractivity contribution in [2.75, 3.05) is 5.75 Å². The van der Waals surface area contributed by atoms with Crippen molar-refractivity contribution >= 4 is 46.3 Å². The van der Waals surface area contributed by atoms with Gasteiger partial charge in [-0.15, -0.1) is 0 Å². The van der Waals surface area contributed by atoms with Gasteiger partial charge in [0.05, 0.1) is 23.9 Å². The van der Waals surface area contributed by atoms with E-state index in [1.807, 2.05) is 56.0 Å². The van der Waals surface area contributed by atoms with Crippen LogP contribution in [0.15, 0.2) is 48.5 Å². The van der Waals surface area contributed by atoms with Gasteiger partial charge >= 0.3 is 5.97 Å². The van der Waals surface area contributed by atoms with Gasteiger partial charge in [0.25, 0.3) is 0 Å². The van der Waals surface area contributed by atoms with Crippen LogP contribution in [0.1, 0.15) is 70.0 Å². The number of hydrogen-bond acceptors (Lipinski definition) is 3. The molecule has 5 nitrogen and oxygen atoms in total. The number of likely N-dealkylation sites (tertiary alicyclic amines) is 1. The van der Waals surface area contributed by atoms with Crippen LogP contribution < -0.4 is 0 Å². The van der Waals surface area contributed by atoms with E-state index in [4.69, 9.17) is 23.2 Å². The van der Waals surface area contributed by atoms with Crippen LogP contribution in [-0.4, -0.2) is 43.5 Å². The third kappa shape index (κ3) is 6.34. The van der Waals surface area contributed by atoms with Gasteiger partial charge in [-0.3, -0.25) is 9.59 Å². The Morgan fingerprint density at radius 3 is 2.37 bits per heavy atom. The molecule has 1 heterocycles. The van der Waals surface area contributed by atoms with Crippen molar-refractivity contribution in [1.82, 2.24) is 4.90 Å². The zero-order chi connectivity index (χ0) is 25.9. The number of aliphatic carboxylic acids is 1. The van der Waals surface area contributed by atoms with Gasteiger partial charge in [0.2, 0.25) is 5.91 Å². The van der Waals surface area contributed by atoms with Gasteiger partial charge in [0.1, 0.15) is 11.0 Å². The van der Waals surface area contributed by atoms with Crippen molar-refractivity contribution in [3.63, 3.8) is 0 Å². The molecule has 35 heavy (non-hydrogen) atoms. The average Bonchev–Trinajstić information content (AvgIpc) is 2.79. The highest BCUT2D eigenvalue weighted by molar-refractivity contribution is 7.92. The van der Waals surface area contributed by atoms with E-state index >= 15 is 0 Å². The highest BCUT2D eigenvalue weighted by Gasteiger charge is 2.52. The number of rotatable bonds is 9. The molecule has 0 aliphatic carbocycles. The van der Waals surface area contributed by atoms with Crippen LogP contribution >= 0.6 is 23.2 Å². The quantitative estimate of drug-likeness (QED) is 0.371. The Labute approximate surface area is 221 Å². The average molecular weight is 539 g/mol. The molecule has 8 heteroatoms. The van der Waals surface area contributed by atoms with E-state index in [1.54, 1.807) is 25.1 Å². The summed E-state index contributed by atoms with van der Waals surface area (Å²) in [6.45, 7) is 7.52. The minimum Gasteiger partial charge on any atom is -0.616 e. The van der Waals surface area contributed by atoms with Crippen LogP contribution in [0.25, 0.3) is 0 Å². The fraction of sp³-hybridized carbons (Fsp3) is 0.481. The first kappa shape index (κ1) is 27.9. The lowest BCUT2D eigenvalue weighted by Crippen LogP contribution is -2.57. The number of carboxylic acid groups (broad SMARTS) is 1. The van der Waals surface area contributed by atoms with Crippen LogP contribution in [0.5, 0.6) is 0 Å². The summed E-state index contributed by atoms with van der Waals surface area (Å²) in [6, 6.07) is 14.3. The largest absolute Gasteiger partial charge is 0.616 e. The molecule has 3 rings (SSSR count). The van der Waals surface area contributed by atoms with Crippen LogP contribution in [0.3, 0.4) is 0 Å². The van der Waals surface area contributed by atoms with Crippen LogP contribution in [0.4, 0.5) is 0 Å². The predicted molar refractivity (Wildman–Crippen MR) is 142 cm³/mol. The minimum absolute atomic E-state index is 0.0490. The number of amides is 1. The van der Waals surface area contributed by atoms with E-state index in [1.165, 1.54) is 0 Å². The number of carboxylic acids is 1. The second-order valence-electron chi connectivity index (χ2n) is 9.86. The molecule has 0 aromatic heterocycles. The highest BCUT2D eigenvalue weighted by atomic mass is 35.5. The van der Waals surface area contributed by atoms with E-state index in [2.05, 4.69) is 0 Å². The topological polar surface area (TPSA) is 80.7 Å². The van der Waals surface area contributed by atoms with Gasteiger partial charge in [0.15, 0.2) is 0 Å². The maximum atomic E-state index is 14.1. The molecule has 0 radical (unpaired) electrons. The first-order chi connectivity index (χ1) is 16.5. The monoisotopic (exact) mass is 537 g/mol. The summed E-state index contributed by atoms with van der Waals surface area (Å²) in [4.78, 5) is 27.8.